The van der Waals surface area contributed by atoms with Gasteiger partial charge in [-0.1, -0.05) is 48.5 Å². The number of carbonyl (C=O) groups excluding carboxylic acids is 2. The first-order valence-corrected chi connectivity index (χ1v) is 13.4. The van der Waals surface area contributed by atoms with Gasteiger partial charge in [-0.05, 0) is 55.3 Å². The first kappa shape index (κ1) is 26.7. The number of hydrogen-bond acceptors (Lipinski definition) is 5. The van der Waals surface area contributed by atoms with Crippen LogP contribution in [0.3, 0.4) is 0 Å². The maximum Gasteiger partial charge on any atom is 0.331 e. The van der Waals surface area contributed by atoms with Gasteiger partial charge in [0.1, 0.15) is 11.8 Å². The van der Waals surface area contributed by atoms with Crippen LogP contribution in [0.25, 0.3) is 10.9 Å². The Hall–Kier alpha value is -4.31. The molecular formula is C28H30N4O5S. The number of amides is 3. The Morgan fingerprint density at radius 2 is 1.58 bits per heavy atom. The highest BCUT2D eigenvalue weighted by Crippen LogP contribution is 2.26. The first-order chi connectivity index (χ1) is 18.1. The molecule has 1 heterocycles. The van der Waals surface area contributed by atoms with Gasteiger partial charge in [-0.25, -0.2) is 13.5 Å². The van der Waals surface area contributed by atoms with Gasteiger partial charge in [0.05, 0.1) is 12.6 Å². The summed E-state index contributed by atoms with van der Waals surface area (Å²) in [4.78, 5) is 27.9. The fourth-order valence-electron chi connectivity index (χ4n) is 4.37. The van der Waals surface area contributed by atoms with Gasteiger partial charge in [0.2, 0.25) is 5.91 Å². The molecule has 9 nitrogen and oxygen atoms in total. The summed E-state index contributed by atoms with van der Waals surface area (Å²) < 4.78 is 35.0. The van der Waals surface area contributed by atoms with E-state index >= 15 is 0 Å². The van der Waals surface area contributed by atoms with Gasteiger partial charge in [0.15, 0.2) is 0 Å². The highest BCUT2D eigenvalue weighted by atomic mass is 32.2. The molecule has 1 aromatic heterocycles. The number of methoxy groups -OCH3 is 1. The Labute approximate surface area is 222 Å². The fourth-order valence-corrected chi connectivity index (χ4v) is 5.67. The molecule has 0 aliphatic carbocycles. The zero-order valence-corrected chi connectivity index (χ0v) is 22.5. The lowest BCUT2D eigenvalue weighted by atomic mass is 10.0. The van der Waals surface area contributed by atoms with Crippen molar-refractivity contribution >= 4 is 38.7 Å². The summed E-state index contributed by atoms with van der Waals surface area (Å²) in [6.45, 7) is 3.51. The summed E-state index contributed by atoms with van der Waals surface area (Å²) in [5.41, 5.74) is 3.14. The predicted octanol–water partition coefficient (Wildman–Crippen LogP) is 3.93. The monoisotopic (exact) mass is 534 g/mol. The molecule has 0 radical (unpaired) electrons. The fraction of sp³-hybridized carbons (Fsp3) is 0.214. The van der Waals surface area contributed by atoms with Crippen LogP contribution in [-0.4, -0.2) is 44.5 Å². The Morgan fingerprint density at radius 3 is 2.24 bits per heavy atom. The van der Waals surface area contributed by atoms with Crippen LogP contribution in [0.15, 0.2) is 78.9 Å². The molecule has 2 N–H and O–H groups in total. The van der Waals surface area contributed by atoms with Crippen molar-refractivity contribution in [3.05, 3.63) is 95.7 Å². The van der Waals surface area contributed by atoms with Crippen LogP contribution < -0.4 is 19.7 Å². The first-order valence-electron chi connectivity index (χ1n) is 12.0. The number of benzene rings is 3. The molecular weight excluding hydrogens is 504 g/mol. The van der Waals surface area contributed by atoms with Crippen LogP contribution in [0.5, 0.6) is 5.75 Å². The van der Waals surface area contributed by atoms with Crippen LogP contribution in [0.4, 0.5) is 10.5 Å². The molecule has 3 aromatic carbocycles. The Balaban J connectivity index is 1.59. The summed E-state index contributed by atoms with van der Waals surface area (Å²) >= 11 is 0. The minimum atomic E-state index is -4.30. The number of nitrogens with one attached hydrogen (secondary N) is 2. The molecule has 1 atom stereocenters. The quantitative estimate of drug-likeness (QED) is 0.356. The molecule has 1 unspecified atom stereocenters. The summed E-state index contributed by atoms with van der Waals surface area (Å²) in [6, 6.07) is 21.1. The van der Waals surface area contributed by atoms with E-state index in [4.69, 9.17) is 4.74 Å². The third-order valence-electron chi connectivity index (χ3n) is 6.51. The van der Waals surface area contributed by atoms with E-state index in [1.54, 1.807) is 57.5 Å². The molecule has 0 aliphatic heterocycles. The average molecular weight is 535 g/mol. The van der Waals surface area contributed by atoms with Crippen LogP contribution in [0.1, 0.15) is 16.8 Å². The van der Waals surface area contributed by atoms with Crippen LogP contribution in [-0.2, 0) is 21.4 Å². The van der Waals surface area contributed by atoms with Crippen LogP contribution >= 0.6 is 0 Å². The molecule has 4 aromatic rings. The molecule has 198 valence electrons. The molecule has 0 saturated carbocycles. The van der Waals surface area contributed by atoms with Gasteiger partial charge in [-0.3, -0.25) is 4.79 Å². The second kappa shape index (κ2) is 11.0. The number of carbonyl (C=O) groups is 2. The van der Waals surface area contributed by atoms with Crippen molar-refractivity contribution in [2.75, 3.05) is 19.1 Å². The lowest BCUT2D eigenvalue weighted by Gasteiger charge is -2.25. The minimum Gasteiger partial charge on any atom is -0.497 e. The number of likely N-dealkylation sites (N-methyl/N-ethyl adjacent to an activating group) is 1. The van der Waals surface area contributed by atoms with E-state index in [0.29, 0.717) is 22.6 Å². The van der Waals surface area contributed by atoms with Gasteiger partial charge >= 0.3 is 16.2 Å². The number of aromatic nitrogens is 1. The molecule has 0 bridgehead atoms. The normalized spacial score (nSPS) is 12.1. The smallest absolute Gasteiger partial charge is 0.331 e. The predicted molar refractivity (Wildman–Crippen MR) is 148 cm³/mol. The summed E-state index contributed by atoms with van der Waals surface area (Å²) in [7, 11) is -1.16. The third-order valence-corrected chi connectivity index (χ3v) is 7.91. The molecule has 4 rings (SSSR count). The molecule has 10 heteroatoms. The summed E-state index contributed by atoms with van der Waals surface area (Å²) in [6.07, 6.45) is 0.165. The second-order valence-electron chi connectivity index (χ2n) is 8.91. The van der Waals surface area contributed by atoms with Crippen LogP contribution in [0, 0.1) is 13.8 Å². The van der Waals surface area contributed by atoms with E-state index in [-0.39, 0.29) is 6.42 Å². The maximum atomic E-state index is 13.5. The number of aryl methyl sites for hydroxylation is 1. The Bertz CT molecular complexity index is 1560. The van der Waals surface area contributed by atoms with Gasteiger partial charge < -0.3 is 15.0 Å². The number of hydrogen-bond donors (Lipinski definition) is 2. The van der Waals surface area contributed by atoms with E-state index in [1.165, 1.54) is 4.90 Å². The van der Waals surface area contributed by atoms with E-state index in [1.807, 2.05) is 49.4 Å². The second-order valence-corrected chi connectivity index (χ2v) is 10.4. The number of urea groups is 1. The van der Waals surface area contributed by atoms with Crippen molar-refractivity contribution in [2.24, 2.45) is 0 Å². The standard InChI is InChI=1S/C28H30N4O5S/c1-19-20(2)32(26-13-9-8-12-24(19)26)38(35,36)30-28(34)29-25(18-21-10-6-5-7-11-21)27(33)31(3)22-14-16-23(37-4)17-15-22/h5-17,25H,18H2,1-4H3,(H2,29,30,34). The van der Waals surface area contributed by atoms with Crippen molar-refractivity contribution in [3.8, 4) is 5.75 Å². The zero-order chi connectivity index (χ0) is 27.4. The number of nitrogens with zero attached hydrogens (tertiary/aromatic N) is 2. The SMILES string of the molecule is COc1ccc(N(C)C(=O)C(Cc2ccccc2)NC(=O)NS(=O)(=O)n2c(C)c(C)c3ccccc32)cc1. The molecule has 0 fully saturated rings. The highest BCUT2D eigenvalue weighted by Gasteiger charge is 2.28. The van der Waals surface area contributed by atoms with Crippen molar-refractivity contribution in [1.82, 2.24) is 14.0 Å². The van der Waals surface area contributed by atoms with Crippen molar-refractivity contribution < 1.29 is 22.7 Å². The lowest BCUT2D eigenvalue weighted by Crippen LogP contribution is -2.53. The summed E-state index contributed by atoms with van der Waals surface area (Å²) in [5, 5.41) is 3.35. The number of para-hydroxylation sites is 1. The van der Waals surface area contributed by atoms with E-state index in [0.717, 1.165) is 20.5 Å². The number of ether oxygens (including phenoxy) is 1. The van der Waals surface area contributed by atoms with Crippen molar-refractivity contribution in [2.45, 2.75) is 26.3 Å². The van der Waals surface area contributed by atoms with E-state index < -0.39 is 28.2 Å². The van der Waals surface area contributed by atoms with Crippen LogP contribution in [0.2, 0.25) is 0 Å². The molecule has 38 heavy (non-hydrogen) atoms. The molecule has 0 aliphatic rings. The molecule has 3 amide bonds. The van der Waals surface area contributed by atoms with E-state index in [9.17, 15) is 18.0 Å². The third kappa shape index (κ3) is 5.50. The number of rotatable bonds is 8. The topological polar surface area (TPSA) is 110 Å². The summed E-state index contributed by atoms with van der Waals surface area (Å²) in [5.74, 6) is 0.228. The van der Waals surface area contributed by atoms with E-state index in [2.05, 4.69) is 10.0 Å². The molecule has 0 spiro atoms. The van der Waals surface area contributed by atoms with Crippen molar-refractivity contribution in [1.29, 1.82) is 0 Å². The number of anilines is 1. The minimum absolute atomic E-state index is 0.165. The lowest BCUT2D eigenvalue weighted by molar-refractivity contribution is -0.120. The van der Waals surface area contributed by atoms with Gasteiger partial charge in [0, 0.05) is 30.2 Å². The van der Waals surface area contributed by atoms with Gasteiger partial charge in [-0.2, -0.15) is 8.42 Å². The van der Waals surface area contributed by atoms with Crippen molar-refractivity contribution in [3.63, 3.8) is 0 Å². The average Bonchev–Trinajstić information content (AvgIpc) is 3.18. The zero-order valence-electron chi connectivity index (χ0n) is 21.6. The Morgan fingerprint density at radius 1 is 0.947 bits per heavy atom. The molecule has 0 saturated heterocycles. The highest BCUT2D eigenvalue weighted by molar-refractivity contribution is 7.88. The maximum absolute atomic E-state index is 13.5. The Kier molecular flexibility index (Phi) is 7.72. The van der Waals surface area contributed by atoms with Gasteiger partial charge in [-0.15, -0.1) is 0 Å². The largest absolute Gasteiger partial charge is 0.497 e. The van der Waals surface area contributed by atoms with Gasteiger partial charge in [0.25, 0.3) is 0 Å². The number of fused-ring (bicyclic) bond motifs is 1.